The standard InChI is InChI=1S/C15H20N2/c1-2-7-14-12-16-15(17-14)11-6-10-13-8-4-3-5-9-13/h3-5,8-9,12H,2,6-7,10-11H2,1H3,(H,16,17). The van der Waals surface area contributed by atoms with Gasteiger partial charge in [0, 0.05) is 18.3 Å². The van der Waals surface area contributed by atoms with Crippen LogP contribution in [0.1, 0.15) is 36.8 Å². The number of hydrogen-bond donors (Lipinski definition) is 1. The van der Waals surface area contributed by atoms with Crippen molar-refractivity contribution in [2.45, 2.75) is 39.0 Å². The van der Waals surface area contributed by atoms with Crippen molar-refractivity contribution < 1.29 is 0 Å². The minimum atomic E-state index is 1.04. The zero-order valence-electron chi connectivity index (χ0n) is 10.4. The number of imidazole rings is 1. The Bertz CT molecular complexity index is 431. The van der Waals surface area contributed by atoms with Crippen molar-refractivity contribution in [2.75, 3.05) is 0 Å². The van der Waals surface area contributed by atoms with Crippen LogP contribution in [0, 0.1) is 0 Å². The minimum Gasteiger partial charge on any atom is -0.346 e. The van der Waals surface area contributed by atoms with Crippen LogP contribution >= 0.6 is 0 Å². The number of rotatable bonds is 6. The topological polar surface area (TPSA) is 28.7 Å². The second kappa shape index (κ2) is 6.24. The predicted octanol–water partition coefficient (Wildman–Crippen LogP) is 3.54. The molecule has 0 bridgehead atoms. The molecule has 0 unspecified atom stereocenters. The van der Waals surface area contributed by atoms with E-state index in [1.165, 1.54) is 17.7 Å². The first-order chi connectivity index (χ1) is 8.38. The largest absolute Gasteiger partial charge is 0.346 e. The molecular weight excluding hydrogens is 208 g/mol. The molecule has 0 saturated carbocycles. The number of aromatic amines is 1. The predicted molar refractivity (Wildman–Crippen MR) is 71.0 cm³/mol. The summed E-state index contributed by atoms with van der Waals surface area (Å²) in [5.41, 5.74) is 2.68. The van der Waals surface area contributed by atoms with Crippen LogP contribution in [0.4, 0.5) is 0 Å². The molecule has 0 aliphatic rings. The lowest BCUT2D eigenvalue weighted by molar-refractivity contribution is 0.777. The van der Waals surface area contributed by atoms with Crippen LogP contribution in [0.3, 0.4) is 0 Å². The van der Waals surface area contributed by atoms with E-state index in [0.29, 0.717) is 0 Å². The van der Waals surface area contributed by atoms with E-state index in [2.05, 4.69) is 47.2 Å². The van der Waals surface area contributed by atoms with Crippen LogP contribution in [-0.2, 0) is 19.3 Å². The summed E-state index contributed by atoms with van der Waals surface area (Å²) in [5.74, 6) is 1.13. The molecular formula is C15H20N2. The lowest BCUT2D eigenvalue weighted by atomic mass is 10.1. The zero-order valence-corrected chi connectivity index (χ0v) is 10.4. The fraction of sp³-hybridized carbons (Fsp3) is 0.400. The molecule has 0 atom stereocenters. The number of H-pyrrole nitrogens is 1. The second-order valence-electron chi connectivity index (χ2n) is 4.44. The highest BCUT2D eigenvalue weighted by Crippen LogP contribution is 2.07. The lowest BCUT2D eigenvalue weighted by Crippen LogP contribution is -1.92. The maximum absolute atomic E-state index is 4.41. The van der Waals surface area contributed by atoms with Crippen molar-refractivity contribution in [1.29, 1.82) is 0 Å². The molecule has 0 saturated heterocycles. The highest BCUT2D eigenvalue weighted by atomic mass is 14.9. The van der Waals surface area contributed by atoms with E-state index in [0.717, 1.165) is 31.5 Å². The number of nitrogens with one attached hydrogen (secondary N) is 1. The molecule has 90 valence electrons. The normalized spacial score (nSPS) is 10.6. The van der Waals surface area contributed by atoms with Gasteiger partial charge in [0.15, 0.2) is 0 Å². The number of aryl methyl sites for hydroxylation is 3. The molecule has 1 N–H and O–H groups in total. The second-order valence-corrected chi connectivity index (χ2v) is 4.44. The van der Waals surface area contributed by atoms with Crippen LogP contribution in [0.25, 0.3) is 0 Å². The SMILES string of the molecule is CCCc1cnc(CCCc2ccccc2)[nH]1. The third-order valence-electron chi connectivity index (χ3n) is 2.92. The van der Waals surface area contributed by atoms with Crippen LogP contribution in [-0.4, -0.2) is 9.97 Å². The first kappa shape index (κ1) is 11.9. The molecule has 2 aromatic rings. The van der Waals surface area contributed by atoms with Crippen molar-refractivity contribution in [1.82, 2.24) is 9.97 Å². The van der Waals surface area contributed by atoms with Gasteiger partial charge in [-0.05, 0) is 24.8 Å². The van der Waals surface area contributed by atoms with Crippen molar-refractivity contribution in [2.24, 2.45) is 0 Å². The number of hydrogen-bond acceptors (Lipinski definition) is 1. The summed E-state index contributed by atoms with van der Waals surface area (Å²) < 4.78 is 0. The highest BCUT2D eigenvalue weighted by Gasteiger charge is 2.00. The average molecular weight is 228 g/mol. The van der Waals surface area contributed by atoms with Gasteiger partial charge in [0.05, 0.1) is 0 Å². The molecule has 1 aromatic carbocycles. The lowest BCUT2D eigenvalue weighted by Gasteiger charge is -1.99. The first-order valence-corrected chi connectivity index (χ1v) is 6.45. The average Bonchev–Trinajstić information content (AvgIpc) is 2.79. The van der Waals surface area contributed by atoms with Crippen LogP contribution in [0.5, 0.6) is 0 Å². The summed E-state index contributed by atoms with van der Waals surface area (Å²) >= 11 is 0. The molecule has 0 aliphatic carbocycles. The summed E-state index contributed by atoms with van der Waals surface area (Å²) in [7, 11) is 0. The molecule has 2 heteroatoms. The Kier molecular flexibility index (Phi) is 4.37. The van der Waals surface area contributed by atoms with Crippen molar-refractivity contribution in [3.63, 3.8) is 0 Å². The molecule has 0 aliphatic heterocycles. The van der Waals surface area contributed by atoms with Crippen molar-refractivity contribution >= 4 is 0 Å². The fourth-order valence-electron chi connectivity index (χ4n) is 2.03. The Balaban J connectivity index is 1.78. The fourth-order valence-corrected chi connectivity index (χ4v) is 2.03. The molecule has 2 rings (SSSR count). The van der Waals surface area contributed by atoms with E-state index >= 15 is 0 Å². The smallest absolute Gasteiger partial charge is 0.106 e. The summed E-state index contributed by atoms with van der Waals surface area (Å²) in [6.07, 6.45) is 7.57. The van der Waals surface area contributed by atoms with Gasteiger partial charge in [-0.3, -0.25) is 0 Å². The third kappa shape index (κ3) is 3.74. The van der Waals surface area contributed by atoms with Gasteiger partial charge in [0.2, 0.25) is 0 Å². The Morgan fingerprint density at radius 1 is 1.06 bits per heavy atom. The van der Waals surface area contributed by atoms with Crippen LogP contribution in [0.2, 0.25) is 0 Å². The maximum atomic E-state index is 4.41. The number of aromatic nitrogens is 2. The Labute approximate surface area is 103 Å². The van der Waals surface area contributed by atoms with Gasteiger partial charge in [-0.1, -0.05) is 43.7 Å². The van der Waals surface area contributed by atoms with E-state index < -0.39 is 0 Å². The highest BCUT2D eigenvalue weighted by molar-refractivity contribution is 5.14. The van der Waals surface area contributed by atoms with Gasteiger partial charge >= 0.3 is 0 Å². The molecule has 0 radical (unpaired) electrons. The Hall–Kier alpha value is -1.57. The maximum Gasteiger partial charge on any atom is 0.106 e. The van der Waals surface area contributed by atoms with E-state index in [1.807, 2.05) is 6.20 Å². The molecule has 1 aromatic heterocycles. The third-order valence-corrected chi connectivity index (χ3v) is 2.92. The van der Waals surface area contributed by atoms with Crippen molar-refractivity contribution in [3.05, 3.63) is 53.6 Å². The van der Waals surface area contributed by atoms with Crippen LogP contribution < -0.4 is 0 Å². The van der Waals surface area contributed by atoms with Gasteiger partial charge in [0.1, 0.15) is 5.82 Å². The molecule has 17 heavy (non-hydrogen) atoms. The first-order valence-electron chi connectivity index (χ1n) is 6.45. The summed E-state index contributed by atoms with van der Waals surface area (Å²) in [5, 5.41) is 0. The molecule has 1 heterocycles. The molecule has 0 spiro atoms. The Morgan fingerprint density at radius 2 is 1.88 bits per heavy atom. The monoisotopic (exact) mass is 228 g/mol. The van der Waals surface area contributed by atoms with Gasteiger partial charge in [0.25, 0.3) is 0 Å². The van der Waals surface area contributed by atoms with Gasteiger partial charge in [-0.25, -0.2) is 4.98 Å². The zero-order chi connectivity index (χ0) is 11.9. The van der Waals surface area contributed by atoms with Crippen molar-refractivity contribution in [3.8, 4) is 0 Å². The molecule has 0 amide bonds. The minimum absolute atomic E-state index is 1.04. The van der Waals surface area contributed by atoms with E-state index in [1.54, 1.807) is 0 Å². The van der Waals surface area contributed by atoms with E-state index in [9.17, 15) is 0 Å². The van der Waals surface area contributed by atoms with E-state index in [-0.39, 0.29) is 0 Å². The molecule has 0 fully saturated rings. The summed E-state index contributed by atoms with van der Waals surface area (Å²) in [6, 6.07) is 10.6. The molecule has 2 nitrogen and oxygen atoms in total. The Morgan fingerprint density at radius 3 is 2.65 bits per heavy atom. The van der Waals surface area contributed by atoms with Gasteiger partial charge in [-0.2, -0.15) is 0 Å². The van der Waals surface area contributed by atoms with E-state index in [4.69, 9.17) is 0 Å². The van der Waals surface area contributed by atoms with Gasteiger partial charge < -0.3 is 4.98 Å². The number of benzene rings is 1. The quantitative estimate of drug-likeness (QED) is 0.805. The van der Waals surface area contributed by atoms with Crippen LogP contribution in [0.15, 0.2) is 36.5 Å². The summed E-state index contributed by atoms with van der Waals surface area (Å²) in [6.45, 7) is 2.19. The number of nitrogens with zero attached hydrogens (tertiary/aromatic N) is 1. The van der Waals surface area contributed by atoms with Gasteiger partial charge in [-0.15, -0.1) is 0 Å². The summed E-state index contributed by atoms with van der Waals surface area (Å²) in [4.78, 5) is 7.80.